The molecule has 0 aliphatic carbocycles. The fourth-order valence-electron chi connectivity index (χ4n) is 9.28. The highest BCUT2D eigenvalue weighted by atomic mass is 15.2. The van der Waals surface area contributed by atoms with Gasteiger partial charge in [-0.3, -0.25) is 4.57 Å². The number of hydrogen-bond donors (Lipinski definition) is 0. The van der Waals surface area contributed by atoms with Crippen LogP contribution in [0.25, 0.3) is 106 Å². The van der Waals surface area contributed by atoms with Crippen LogP contribution in [0.1, 0.15) is 16.7 Å². The van der Waals surface area contributed by atoms with Crippen LogP contribution in [-0.2, 0) is 0 Å². The molecule has 0 bridgehead atoms. The van der Waals surface area contributed by atoms with Crippen molar-refractivity contribution in [2.45, 2.75) is 13.8 Å². The van der Waals surface area contributed by atoms with Gasteiger partial charge in [0, 0.05) is 49.1 Å². The van der Waals surface area contributed by atoms with Crippen molar-refractivity contribution >= 4 is 65.4 Å². The molecular weight excluding hydrogens is 747 g/mol. The molecule has 0 unspecified atom stereocenters. The molecule has 0 amide bonds. The van der Waals surface area contributed by atoms with E-state index in [0.29, 0.717) is 23.2 Å². The summed E-state index contributed by atoms with van der Waals surface area (Å²) in [5.41, 5.74) is 12.7. The Balaban J connectivity index is 1.09. The van der Waals surface area contributed by atoms with Gasteiger partial charge in [0.15, 0.2) is 11.6 Å². The summed E-state index contributed by atoms with van der Waals surface area (Å²) in [6, 6.07) is 63.7. The third-order valence-corrected chi connectivity index (χ3v) is 12.0. The quantitative estimate of drug-likeness (QED) is 0.174. The van der Waals surface area contributed by atoms with E-state index in [0.717, 1.165) is 77.1 Å². The lowest BCUT2D eigenvalue weighted by molar-refractivity contribution is 0.953. The number of aryl methyl sites for hydroxylation is 2. The average Bonchev–Trinajstić information content (AvgIpc) is 3.93. The number of para-hydroxylation sites is 3. The molecule has 7 nitrogen and oxygen atoms in total. The van der Waals surface area contributed by atoms with Gasteiger partial charge >= 0.3 is 0 Å². The van der Waals surface area contributed by atoms with Gasteiger partial charge in [0.1, 0.15) is 6.07 Å². The summed E-state index contributed by atoms with van der Waals surface area (Å²) in [5, 5.41) is 17.9. The third kappa shape index (κ3) is 5.33. The van der Waals surface area contributed by atoms with Gasteiger partial charge in [0.25, 0.3) is 0 Å². The summed E-state index contributed by atoms with van der Waals surface area (Å²) in [6.07, 6.45) is 0. The molecule has 4 aromatic heterocycles. The van der Waals surface area contributed by atoms with Crippen LogP contribution in [0.5, 0.6) is 0 Å². The number of fused-ring (bicyclic) bond motifs is 9. The molecule has 0 atom stereocenters. The molecule has 61 heavy (non-hydrogen) atoms. The molecule has 0 aliphatic heterocycles. The van der Waals surface area contributed by atoms with Crippen LogP contribution < -0.4 is 0 Å². The molecule has 7 heteroatoms. The predicted molar refractivity (Wildman–Crippen MR) is 248 cm³/mol. The van der Waals surface area contributed by atoms with Crippen LogP contribution >= 0.6 is 0 Å². The summed E-state index contributed by atoms with van der Waals surface area (Å²) < 4.78 is 6.70. The Morgan fingerprint density at radius 2 is 0.918 bits per heavy atom. The molecular formula is C54H35N7. The smallest absolute Gasteiger partial charge is 0.238 e. The van der Waals surface area contributed by atoms with Gasteiger partial charge in [-0.25, -0.2) is 4.98 Å². The van der Waals surface area contributed by atoms with Crippen LogP contribution in [0, 0.1) is 25.2 Å². The van der Waals surface area contributed by atoms with Gasteiger partial charge in [-0.2, -0.15) is 15.2 Å². The van der Waals surface area contributed by atoms with Crippen molar-refractivity contribution in [1.29, 1.82) is 5.26 Å². The van der Waals surface area contributed by atoms with E-state index >= 15 is 0 Å². The fourth-order valence-corrected chi connectivity index (χ4v) is 9.28. The first-order valence-electron chi connectivity index (χ1n) is 20.4. The van der Waals surface area contributed by atoms with Crippen LogP contribution in [0.3, 0.4) is 0 Å². The Bertz CT molecular complexity index is 3730. The third-order valence-electron chi connectivity index (χ3n) is 12.0. The van der Waals surface area contributed by atoms with Crippen LogP contribution in [0.15, 0.2) is 176 Å². The Morgan fingerprint density at radius 1 is 0.393 bits per heavy atom. The number of aromatic nitrogens is 6. The lowest BCUT2D eigenvalue weighted by Gasteiger charge is -2.13. The molecule has 12 aromatic rings. The Morgan fingerprint density at radius 3 is 1.56 bits per heavy atom. The minimum atomic E-state index is 0.484. The van der Waals surface area contributed by atoms with Gasteiger partial charge in [-0.1, -0.05) is 108 Å². The molecule has 0 N–H and O–H groups in total. The molecule has 0 saturated carbocycles. The lowest BCUT2D eigenvalue weighted by Crippen LogP contribution is -2.07. The fraction of sp³-hybridized carbons (Fsp3) is 0.0370. The van der Waals surface area contributed by atoms with Gasteiger partial charge in [0.2, 0.25) is 5.95 Å². The van der Waals surface area contributed by atoms with E-state index in [1.54, 1.807) is 0 Å². The van der Waals surface area contributed by atoms with Crippen molar-refractivity contribution in [3.05, 3.63) is 193 Å². The molecule has 8 aromatic carbocycles. The van der Waals surface area contributed by atoms with E-state index < -0.39 is 0 Å². The first-order valence-corrected chi connectivity index (χ1v) is 20.4. The highest BCUT2D eigenvalue weighted by molar-refractivity contribution is 6.19. The average molecular weight is 782 g/mol. The van der Waals surface area contributed by atoms with Crippen LogP contribution in [-0.4, -0.2) is 28.7 Å². The van der Waals surface area contributed by atoms with Gasteiger partial charge < -0.3 is 9.13 Å². The largest absolute Gasteiger partial charge is 0.309 e. The Hall–Kier alpha value is -8.34. The molecule has 0 spiro atoms. The van der Waals surface area contributed by atoms with E-state index in [4.69, 9.17) is 15.0 Å². The van der Waals surface area contributed by atoms with Crippen molar-refractivity contribution in [3.8, 4) is 46.2 Å². The molecule has 0 saturated heterocycles. The normalized spacial score (nSPS) is 11.8. The van der Waals surface area contributed by atoms with Crippen molar-refractivity contribution in [3.63, 3.8) is 0 Å². The maximum Gasteiger partial charge on any atom is 0.238 e. The molecule has 0 fully saturated rings. The second kappa shape index (κ2) is 13.3. The van der Waals surface area contributed by atoms with E-state index in [2.05, 4.69) is 155 Å². The lowest BCUT2D eigenvalue weighted by atomic mass is 10.1. The van der Waals surface area contributed by atoms with Crippen molar-refractivity contribution < 1.29 is 0 Å². The number of hydrogen-bond acceptors (Lipinski definition) is 4. The van der Waals surface area contributed by atoms with E-state index in [9.17, 15) is 5.26 Å². The van der Waals surface area contributed by atoms with Gasteiger partial charge in [-0.15, -0.1) is 0 Å². The maximum absolute atomic E-state index is 11.0. The Labute approximate surface area is 350 Å². The zero-order chi connectivity index (χ0) is 40.8. The highest BCUT2D eigenvalue weighted by Crippen LogP contribution is 2.41. The highest BCUT2D eigenvalue weighted by Gasteiger charge is 2.22. The van der Waals surface area contributed by atoms with Crippen LogP contribution in [0.4, 0.5) is 0 Å². The summed E-state index contributed by atoms with van der Waals surface area (Å²) >= 11 is 0. The van der Waals surface area contributed by atoms with E-state index in [1.807, 2.05) is 54.6 Å². The molecule has 12 rings (SSSR count). The summed E-state index contributed by atoms with van der Waals surface area (Å²) in [4.78, 5) is 15.4. The number of nitriles is 1. The molecule has 286 valence electrons. The Kier molecular flexibility index (Phi) is 7.59. The number of nitrogens with zero attached hydrogens (tertiary/aromatic N) is 7. The van der Waals surface area contributed by atoms with Crippen LogP contribution in [0.2, 0.25) is 0 Å². The van der Waals surface area contributed by atoms with Crippen molar-refractivity contribution in [1.82, 2.24) is 28.7 Å². The molecule has 4 heterocycles. The minimum Gasteiger partial charge on any atom is -0.309 e. The van der Waals surface area contributed by atoms with Crippen molar-refractivity contribution in [2.75, 3.05) is 0 Å². The monoisotopic (exact) mass is 781 g/mol. The molecule has 0 radical (unpaired) electrons. The summed E-state index contributed by atoms with van der Waals surface area (Å²) in [6.45, 7) is 4.24. The summed E-state index contributed by atoms with van der Waals surface area (Å²) in [7, 11) is 0. The summed E-state index contributed by atoms with van der Waals surface area (Å²) in [5.74, 6) is 1.55. The minimum absolute atomic E-state index is 0.484. The zero-order valence-electron chi connectivity index (χ0n) is 33.4. The van der Waals surface area contributed by atoms with E-state index in [1.165, 1.54) is 21.9 Å². The topological polar surface area (TPSA) is 77.2 Å². The maximum atomic E-state index is 11.0. The number of benzene rings is 8. The SMILES string of the molecule is Cc1ccc2c(c1)c1cc(C)ccc1n2-c1nc(-c2ccccc2)nc(-c2ccc(-n3c4ccccc4c4cc5c6ccccc6n(-c6ccccc6)c5cc43)c(C#N)c2)n1. The standard InChI is InChI=1S/C54H35N7/c1-33-21-24-48-41(27-33)42-28-34(2)22-25-49(42)61(48)54-57-52(35-13-5-3-6-14-35)56-53(58-54)36-23-26-45(37(29-36)32-55)60-47-20-12-10-18-40(47)44-30-43-39-17-9-11-19-46(39)59(50(43)31-51(44)60)38-15-7-4-8-16-38/h3-31H,1-2H3. The molecule has 0 aliphatic rings. The first kappa shape index (κ1) is 34.7. The van der Waals surface area contributed by atoms with Gasteiger partial charge in [-0.05, 0) is 92.7 Å². The first-order chi connectivity index (χ1) is 30.0. The predicted octanol–water partition coefficient (Wildman–Crippen LogP) is 13.0. The van der Waals surface area contributed by atoms with Crippen molar-refractivity contribution in [2.24, 2.45) is 0 Å². The second-order valence-electron chi connectivity index (χ2n) is 15.8. The zero-order valence-corrected chi connectivity index (χ0v) is 33.4. The van der Waals surface area contributed by atoms with E-state index in [-0.39, 0.29) is 0 Å². The number of rotatable bonds is 5. The second-order valence-corrected chi connectivity index (χ2v) is 15.8. The van der Waals surface area contributed by atoms with Gasteiger partial charge in [0.05, 0.1) is 44.4 Å².